The van der Waals surface area contributed by atoms with Crippen LogP contribution < -0.4 is 0 Å². The van der Waals surface area contributed by atoms with E-state index in [-0.39, 0.29) is 0 Å². The van der Waals surface area contributed by atoms with Crippen molar-refractivity contribution in [1.29, 1.82) is 0 Å². The third kappa shape index (κ3) is 11.4. The summed E-state index contributed by atoms with van der Waals surface area (Å²) in [5.74, 6) is 0. The second-order valence-corrected chi connectivity index (χ2v) is 26.8. The number of benzene rings is 11. The van der Waals surface area contributed by atoms with E-state index >= 15 is 0 Å². The van der Waals surface area contributed by atoms with Crippen LogP contribution in [0.4, 0.5) is 0 Å². The molecule has 0 aliphatic rings. The fourth-order valence-electron chi connectivity index (χ4n) is 14.7. The van der Waals surface area contributed by atoms with E-state index in [1.165, 1.54) is 0 Å². The highest BCUT2D eigenvalue weighted by Crippen LogP contribution is 2.37. The van der Waals surface area contributed by atoms with Crippen molar-refractivity contribution in [3.63, 3.8) is 0 Å². The van der Waals surface area contributed by atoms with E-state index in [1.54, 1.807) is 0 Å². The van der Waals surface area contributed by atoms with E-state index in [0.29, 0.717) is 0 Å². The maximum atomic E-state index is 5.14. The summed E-state index contributed by atoms with van der Waals surface area (Å²) < 4.78 is 0. The van der Waals surface area contributed by atoms with Gasteiger partial charge in [-0.15, -0.1) is 0 Å². The maximum Gasteiger partial charge on any atom is 0.0972 e. The second kappa shape index (κ2) is 25.8. The summed E-state index contributed by atoms with van der Waals surface area (Å²) in [5, 5.41) is 13.2. The third-order valence-corrected chi connectivity index (χ3v) is 20.3. The molecule has 0 amide bonds. The highest BCUT2D eigenvalue weighted by molar-refractivity contribution is 6.06. The summed E-state index contributed by atoms with van der Waals surface area (Å²) in [5.41, 5.74) is 26.0. The predicted octanol–water partition coefficient (Wildman–Crippen LogP) is 23.9. The molecule has 11 aromatic carbocycles. The average Bonchev–Trinajstić information content (AvgIpc) is 0.777. The molecule has 10 aromatic heterocycles. The molecule has 21 rings (SSSR count). The van der Waals surface area contributed by atoms with E-state index in [4.69, 9.17) is 34.9 Å². The number of nitrogens with zero attached hydrogens (tertiary/aromatic N) is 10. The summed E-state index contributed by atoms with van der Waals surface area (Å²) >= 11 is 0. The lowest BCUT2D eigenvalue weighted by molar-refractivity contribution is 1.33. The van der Waals surface area contributed by atoms with Gasteiger partial charge in [0, 0.05) is 124 Å². The first-order chi connectivity index (χ1) is 52.4. The minimum Gasteiger partial charge on any atom is -0.263 e. The van der Waals surface area contributed by atoms with Crippen LogP contribution in [0.1, 0.15) is 0 Å². The largest absolute Gasteiger partial charge is 0.263 e. The van der Waals surface area contributed by atoms with Crippen LogP contribution in [0.5, 0.6) is 0 Å². The minimum absolute atomic E-state index is 0.904. The van der Waals surface area contributed by atoms with Crippen LogP contribution in [0.25, 0.3) is 210 Å². The molecular weight excluding hydrogens is 1290 g/mol. The lowest BCUT2D eigenvalue weighted by Gasteiger charge is -2.10. The summed E-state index contributed by atoms with van der Waals surface area (Å²) in [6.45, 7) is 0. The number of pyridine rings is 10. The van der Waals surface area contributed by atoms with E-state index in [1.807, 2.05) is 67.4 Å². The molecule has 0 saturated carbocycles. The molecule has 0 spiro atoms. The predicted molar refractivity (Wildman–Crippen MR) is 435 cm³/mol. The van der Waals surface area contributed by atoms with Crippen LogP contribution in [0.3, 0.4) is 0 Å². The van der Waals surface area contributed by atoms with Crippen molar-refractivity contribution in [1.82, 2.24) is 49.8 Å². The molecule has 10 heterocycles. The Morgan fingerprint density at radius 1 is 0.170 bits per heavy atom. The standard InChI is InChI=1S/C51H31N5.C45H27N5/c1-2-6-32(7-3-1)45-22-16-35-14-15-36-17-23-46(56-51(36)50(35)55-45)34-12-10-33(11-13-34)44-26-20-39-28-37(18-24-47(39)53-44)38-19-25-48-40(29-38)21-27-49(54-48)43-31-52-30-41-8-4-5-9-42(41)43;1-2-6-37-36(4-1)26-46-27-38(37)43-22-17-35-25-33(15-20-42(35)49-43)32-14-19-41-34(24-32)16-21-39(48-41)28-7-9-29(10-8-28)40-18-13-31-12-11-30-5-3-23-47-44(30)45(31)50-40/h1-31H;1-27H. The van der Waals surface area contributed by atoms with Crippen LogP contribution in [0.15, 0.2) is 353 Å². The first-order valence-electron chi connectivity index (χ1n) is 35.4. The van der Waals surface area contributed by atoms with Gasteiger partial charge >= 0.3 is 0 Å². The quantitative estimate of drug-likeness (QED) is 0.129. The van der Waals surface area contributed by atoms with Gasteiger partial charge in [0.25, 0.3) is 0 Å². The molecule has 0 saturated heterocycles. The van der Waals surface area contributed by atoms with Gasteiger partial charge in [-0.1, -0.05) is 224 Å². The highest BCUT2D eigenvalue weighted by atomic mass is 14.8. The molecule has 0 atom stereocenters. The van der Waals surface area contributed by atoms with E-state index in [0.717, 1.165) is 210 Å². The van der Waals surface area contributed by atoms with E-state index < -0.39 is 0 Å². The van der Waals surface area contributed by atoms with Crippen LogP contribution in [-0.2, 0) is 0 Å². The molecule has 0 aliphatic heterocycles. The summed E-state index contributed by atoms with van der Waals surface area (Å²) in [6, 6.07) is 112. The Morgan fingerprint density at radius 2 is 0.453 bits per heavy atom. The van der Waals surface area contributed by atoms with Gasteiger partial charge in [-0.25, -0.2) is 34.9 Å². The Labute approximate surface area is 608 Å². The maximum absolute atomic E-state index is 5.14. The number of hydrogen-bond acceptors (Lipinski definition) is 10. The molecule has 0 radical (unpaired) electrons. The molecule has 21 aromatic rings. The fraction of sp³-hybridized carbons (Fsp3) is 0. The van der Waals surface area contributed by atoms with Gasteiger partial charge in [-0.3, -0.25) is 15.0 Å². The minimum atomic E-state index is 0.904. The molecule has 0 bridgehead atoms. The number of fused-ring (bicyclic) bond motifs is 12. The molecule has 10 heteroatoms. The monoisotopic (exact) mass is 1350 g/mol. The topological polar surface area (TPSA) is 129 Å². The molecule has 492 valence electrons. The zero-order chi connectivity index (χ0) is 70.0. The van der Waals surface area contributed by atoms with E-state index in [2.05, 4.69) is 300 Å². The Morgan fingerprint density at radius 3 is 0.849 bits per heavy atom. The zero-order valence-electron chi connectivity index (χ0n) is 57.0. The molecular formula is C96H58N10. The van der Waals surface area contributed by atoms with Gasteiger partial charge in [-0.2, -0.15) is 0 Å². The van der Waals surface area contributed by atoms with Crippen molar-refractivity contribution in [2.24, 2.45) is 0 Å². The van der Waals surface area contributed by atoms with Crippen molar-refractivity contribution >= 4 is 109 Å². The van der Waals surface area contributed by atoms with Gasteiger partial charge in [-0.05, 0) is 130 Å². The Kier molecular flexibility index (Phi) is 15.0. The van der Waals surface area contributed by atoms with Crippen molar-refractivity contribution in [3.8, 4) is 101 Å². The smallest absolute Gasteiger partial charge is 0.0972 e. The molecule has 0 unspecified atom stereocenters. The second-order valence-electron chi connectivity index (χ2n) is 26.8. The molecule has 0 fully saturated rings. The summed E-state index contributed by atoms with van der Waals surface area (Å²) in [7, 11) is 0. The van der Waals surface area contributed by atoms with Crippen molar-refractivity contribution in [3.05, 3.63) is 353 Å². The van der Waals surface area contributed by atoms with E-state index in [9.17, 15) is 0 Å². The van der Waals surface area contributed by atoms with Crippen LogP contribution in [0, 0.1) is 0 Å². The first-order valence-corrected chi connectivity index (χ1v) is 35.4. The van der Waals surface area contributed by atoms with Gasteiger partial charge in [0.05, 0.1) is 84.0 Å². The van der Waals surface area contributed by atoms with Gasteiger partial charge in [0.2, 0.25) is 0 Å². The number of rotatable bonds is 9. The normalized spacial score (nSPS) is 11.6. The Balaban J connectivity index is 0.000000141. The number of hydrogen-bond donors (Lipinski definition) is 0. The van der Waals surface area contributed by atoms with Crippen LogP contribution in [0.2, 0.25) is 0 Å². The first kappa shape index (κ1) is 61.4. The van der Waals surface area contributed by atoms with Gasteiger partial charge in [0.1, 0.15) is 0 Å². The van der Waals surface area contributed by atoms with Crippen molar-refractivity contribution < 1.29 is 0 Å². The molecule has 0 aliphatic carbocycles. The van der Waals surface area contributed by atoms with Crippen molar-refractivity contribution in [2.45, 2.75) is 0 Å². The third-order valence-electron chi connectivity index (χ3n) is 20.3. The van der Waals surface area contributed by atoms with Crippen LogP contribution >= 0.6 is 0 Å². The lowest BCUT2D eigenvalue weighted by atomic mass is 9.99. The SMILES string of the molecule is c1ccc(-c2ccc3ccc4ccc(-c5ccc(-c6ccc7cc(-c8ccc9nc(-c%10cncc%11ccccc%10%11)ccc9c8)ccc7n6)cc5)nc4c3n2)cc1.c1ccc2c(-c3ccc4cc(-c5ccc6nc(-c7ccc(-c8ccc9ccc%10cccnc%10c9n8)cc7)ccc6c5)ccc4n3)cncc2c1. The fourth-order valence-corrected chi connectivity index (χ4v) is 14.7. The van der Waals surface area contributed by atoms with Gasteiger partial charge in [0.15, 0.2) is 0 Å². The van der Waals surface area contributed by atoms with Crippen LogP contribution in [-0.4, -0.2) is 49.8 Å². The zero-order valence-corrected chi connectivity index (χ0v) is 57.0. The molecule has 10 nitrogen and oxygen atoms in total. The van der Waals surface area contributed by atoms with Gasteiger partial charge < -0.3 is 0 Å². The summed E-state index contributed by atoms with van der Waals surface area (Å²) in [6.07, 6.45) is 9.42. The Hall–Kier alpha value is -14.5. The Bertz CT molecular complexity index is 7080. The lowest BCUT2D eigenvalue weighted by Crippen LogP contribution is -1.91. The summed E-state index contributed by atoms with van der Waals surface area (Å²) in [4.78, 5) is 48.9. The number of aromatic nitrogens is 10. The molecule has 106 heavy (non-hydrogen) atoms. The highest BCUT2D eigenvalue weighted by Gasteiger charge is 2.16. The van der Waals surface area contributed by atoms with Crippen molar-refractivity contribution in [2.75, 3.05) is 0 Å². The average molecular weight is 1350 g/mol. The molecule has 0 N–H and O–H groups in total.